The third kappa shape index (κ3) is 3.57. The lowest BCUT2D eigenvalue weighted by Crippen LogP contribution is -2.13. The number of nitrogens with zero attached hydrogens (tertiary/aromatic N) is 4. The minimum Gasteiger partial charge on any atom is -0.329 e. The van der Waals surface area contributed by atoms with Crippen molar-refractivity contribution in [3.05, 3.63) is 46.0 Å². The molecule has 1 amide bonds. The van der Waals surface area contributed by atoms with E-state index in [1.165, 1.54) is 10.9 Å². The fraction of sp³-hybridized carbons (Fsp3) is 0.182. The van der Waals surface area contributed by atoms with Crippen LogP contribution in [0.1, 0.15) is 10.5 Å². The molecular formula is C11H11FN6O3. The molecule has 2 aromatic rings. The minimum absolute atomic E-state index is 0.00429. The van der Waals surface area contributed by atoms with Crippen molar-refractivity contribution in [1.82, 2.24) is 15.0 Å². The third-order valence-corrected chi connectivity index (χ3v) is 2.48. The van der Waals surface area contributed by atoms with Gasteiger partial charge in [0.2, 0.25) is 0 Å². The zero-order valence-electron chi connectivity index (χ0n) is 10.7. The predicted molar refractivity (Wildman–Crippen MR) is 70.1 cm³/mol. The minimum atomic E-state index is -0.828. The predicted octanol–water partition coefficient (Wildman–Crippen LogP) is 0.536. The van der Waals surface area contributed by atoms with Crippen LogP contribution in [0.2, 0.25) is 0 Å². The first-order valence-corrected chi connectivity index (χ1v) is 5.86. The first-order valence-electron chi connectivity index (χ1n) is 5.86. The molecule has 0 saturated carbocycles. The summed E-state index contributed by atoms with van der Waals surface area (Å²) in [6, 6.07) is 2.77. The lowest BCUT2D eigenvalue weighted by molar-refractivity contribution is -0.385. The number of rotatable bonds is 5. The Morgan fingerprint density at radius 2 is 2.24 bits per heavy atom. The maximum Gasteiger partial charge on any atom is 0.277 e. The number of nitrogens with two attached hydrogens (primary N) is 1. The van der Waals surface area contributed by atoms with Crippen LogP contribution in [0.3, 0.4) is 0 Å². The largest absolute Gasteiger partial charge is 0.329 e. The normalized spacial score (nSPS) is 10.4. The number of benzene rings is 1. The Hall–Kier alpha value is -2.88. The number of amides is 1. The molecule has 3 N–H and O–H groups in total. The van der Waals surface area contributed by atoms with Crippen molar-refractivity contribution in [2.45, 2.75) is 6.54 Å². The van der Waals surface area contributed by atoms with Crippen LogP contribution in [0.15, 0.2) is 24.4 Å². The quantitative estimate of drug-likeness (QED) is 0.611. The SMILES string of the molecule is NCCn1cc(C(=O)Nc2cc(F)cc([N+](=O)[O-])c2)nn1. The number of anilines is 1. The van der Waals surface area contributed by atoms with Gasteiger partial charge in [-0.1, -0.05) is 5.21 Å². The van der Waals surface area contributed by atoms with Gasteiger partial charge < -0.3 is 11.1 Å². The lowest BCUT2D eigenvalue weighted by atomic mass is 10.2. The second-order valence-electron chi connectivity index (χ2n) is 4.06. The molecule has 21 heavy (non-hydrogen) atoms. The molecule has 0 fully saturated rings. The van der Waals surface area contributed by atoms with Crippen molar-refractivity contribution in [3.8, 4) is 0 Å². The fourth-order valence-corrected chi connectivity index (χ4v) is 1.59. The van der Waals surface area contributed by atoms with Gasteiger partial charge in [-0.3, -0.25) is 19.6 Å². The Morgan fingerprint density at radius 3 is 2.90 bits per heavy atom. The number of carbonyl (C=O) groups excluding carboxylic acids is 1. The van der Waals surface area contributed by atoms with E-state index in [4.69, 9.17) is 5.73 Å². The lowest BCUT2D eigenvalue weighted by Gasteiger charge is -2.03. The molecule has 10 heteroatoms. The molecule has 2 rings (SSSR count). The maximum atomic E-state index is 13.2. The number of nitro benzene ring substituents is 1. The van der Waals surface area contributed by atoms with Crippen molar-refractivity contribution >= 4 is 17.3 Å². The number of nitro groups is 1. The van der Waals surface area contributed by atoms with E-state index in [-0.39, 0.29) is 11.4 Å². The van der Waals surface area contributed by atoms with Crippen LogP contribution in [0.5, 0.6) is 0 Å². The van der Waals surface area contributed by atoms with Gasteiger partial charge in [0.25, 0.3) is 11.6 Å². The summed E-state index contributed by atoms with van der Waals surface area (Å²) in [5, 5.41) is 20.2. The van der Waals surface area contributed by atoms with Crippen LogP contribution < -0.4 is 11.1 Å². The summed E-state index contributed by atoms with van der Waals surface area (Å²) in [6.45, 7) is 0.728. The van der Waals surface area contributed by atoms with Gasteiger partial charge in [0, 0.05) is 12.6 Å². The molecule has 9 nitrogen and oxygen atoms in total. The molecule has 0 aliphatic rings. The number of hydrogen-bond donors (Lipinski definition) is 2. The molecule has 0 aliphatic heterocycles. The van der Waals surface area contributed by atoms with E-state index in [0.717, 1.165) is 18.2 Å². The van der Waals surface area contributed by atoms with Gasteiger partial charge in [-0.2, -0.15) is 0 Å². The van der Waals surface area contributed by atoms with Crippen LogP contribution >= 0.6 is 0 Å². The van der Waals surface area contributed by atoms with E-state index >= 15 is 0 Å². The molecule has 1 aromatic carbocycles. The van der Waals surface area contributed by atoms with Gasteiger partial charge in [0.05, 0.1) is 29.4 Å². The summed E-state index contributed by atoms with van der Waals surface area (Å²) in [5.74, 6) is -1.48. The number of nitrogens with one attached hydrogen (secondary N) is 1. The van der Waals surface area contributed by atoms with E-state index < -0.39 is 22.3 Å². The number of halogens is 1. The third-order valence-electron chi connectivity index (χ3n) is 2.48. The Morgan fingerprint density at radius 1 is 1.48 bits per heavy atom. The topological polar surface area (TPSA) is 129 Å². The molecule has 0 saturated heterocycles. The second-order valence-corrected chi connectivity index (χ2v) is 4.06. The van der Waals surface area contributed by atoms with E-state index in [1.54, 1.807) is 0 Å². The Bertz CT molecular complexity index is 686. The van der Waals surface area contributed by atoms with Crippen molar-refractivity contribution in [1.29, 1.82) is 0 Å². The second kappa shape index (κ2) is 6.05. The summed E-state index contributed by atoms with van der Waals surface area (Å²) < 4.78 is 14.6. The van der Waals surface area contributed by atoms with E-state index in [9.17, 15) is 19.3 Å². The van der Waals surface area contributed by atoms with E-state index in [2.05, 4.69) is 15.6 Å². The van der Waals surface area contributed by atoms with Gasteiger partial charge >= 0.3 is 0 Å². The van der Waals surface area contributed by atoms with Crippen molar-refractivity contribution in [2.24, 2.45) is 5.73 Å². The van der Waals surface area contributed by atoms with Gasteiger partial charge in [0.1, 0.15) is 5.82 Å². The number of hydrogen-bond acceptors (Lipinski definition) is 6. The average Bonchev–Trinajstić information content (AvgIpc) is 2.87. The average molecular weight is 294 g/mol. The summed E-state index contributed by atoms with van der Waals surface area (Å²) in [4.78, 5) is 21.7. The number of non-ortho nitro benzene ring substituents is 1. The number of carbonyl (C=O) groups is 1. The smallest absolute Gasteiger partial charge is 0.277 e. The highest BCUT2D eigenvalue weighted by Gasteiger charge is 2.14. The maximum absolute atomic E-state index is 13.2. The highest BCUT2D eigenvalue weighted by atomic mass is 19.1. The zero-order valence-corrected chi connectivity index (χ0v) is 10.7. The van der Waals surface area contributed by atoms with Crippen molar-refractivity contribution in [3.63, 3.8) is 0 Å². The molecule has 0 unspecified atom stereocenters. The van der Waals surface area contributed by atoms with Crippen LogP contribution in [0, 0.1) is 15.9 Å². The van der Waals surface area contributed by atoms with E-state index in [0.29, 0.717) is 13.1 Å². The molecular weight excluding hydrogens is 283 g/mol. The molecule has 0 spiro atoms. The van der Waals surface area contributed by atoms with Gasteiger partial charge in [-0.15, -0.1) is 5.10 Å². The highest BCUT2D eigenvalue weighted by Crippen LogP contribution is 2.20. The van der Waals surface area contributed by atoms with Gasteiger partial charge in [0.15, 0.2) is 5.69 Å². The molecule has 110 valence electrons. The fourth-order valence-electron chi connectivity index (χ4n) is 1.59. The van der Waals surface area contributed by atoms with Gasteiger partial charge in [-0.05, 0) is 6.07 Å². The molecule has 1 heterocycles. The molecule has 0 radical (unpaired) electrons. The Labute approximate surface area is 117 Å². The Kier molecular flexibility index (Phi) is 4.18. The molecule has 1 aromatic heterocycles. The first kappa shape index (κ1) is 14.5. The summed E-state index contributed by atoms with van der Waals surface area (Å²) in [7, 11) is 0. The molecule has 0 bridgehead atoms. The van der Waals surface area contributed by atoms with Crippen molar-refractivity contribution < 1.29 is 14.1 Å². The number of aromatic nitrogens is 3. The highest BCUT2D eigenvalue weighted by molar-refractivity contribution is 6.02. The summed E-state index contributed by atoms with van der Waals surface area (Å²) in [5.41, 5.74) is 4.83. The monoisotopic (exact) mass is 294 g/mol. The van der Waals surface area contributed by atoms with Crippen LogP contribution in [0.25, 0.3) is 0 Å². The zero-order chi connectivity index (χ0) is 15.4. The standard InChI is InChI=1S/C11H11FN6O3/c12-7-3-8(5-9(4-7)18(20)21)14-11(19)10-6-17(2-1-13)16-15-10/h3-6H,1-2,13H2,(H,14,19). The van der Waals surface area contributed by atoms with E-state index in [1.807, 2.05) is 0 Å². The first-order chi connectivity index (χ1) is 9.99. The van der Waals surface area contributed by atoms with Gasteiger partial charge in [-0.25, -0.2) is 4.39 Å². The molecule has 0 atom stereocenters. The molecule has 0 aliphatic carbocycles. The Balaban J connectivity index is 2.16. The van der Waals surface area contributed by atoms with Crippen LogP contribution in [-0.4, -0.2) is 32.4 Å². The summed E-state index contributed by atoms with van der Waals surface area (Å²) >= 11 is 0. The van der Waals surface area contributed by atoms with Crippen LogP contribution in [-0.2, 0) is 6.54 Å². The van der Waals surface area contributed by atoms with Crippen molar-refractivity contribution in [2.75, 3.05) is 11.9 Å². The summed E-state index contributed by atoms with van der Waals surface area (Å²) in [6.07, 6.45) is 1.37. The van der Waals surface area contributed by atoms with Crippen LogP contribution in [0.4, 0.5) is 15.8 Å².